The number of carbonyl (C=O) groups is 1. The van der Waals surface area contributed by atoms with E-state index in [1.807, 2.05) is 24.3 Å². The molecule has 0 spiro atoms. The summed E-state index contributed by atoms with van der Waals surface area (Å²) in [5.74, 6) is -0.405. The minimum atomic E-state index is -4.45. The summed E-state index contributed by atoms with van der Waals surface area (Å²) in [5, 5.41) is 2.42. The molecule has 132 valence electrons. The zero-order valence-corrected chi connectivity index (χ0v) is 14.2. The normalized spacial score (nSPS) is 12.4. The highest BCUT2D eigenvalue weighted by Crippen LogP contribution is 2.28. The van der Waals surface area contributed by atoms with Crippen molar-refractivity contribution in [3.63, 3.8) is 0 Å². The van der Waals surface area contributed by atoms with Gasteiger partial charge in [-0.2, -0.15) is 13.2 Å². The minimum absolute atomic E-state index is 0.0495. The van der Waals surface area contributed by atoms with Gasteiger partial charge in [-0.25, -0.2) is 4.98 Å². The Morgan fingerprint density at radius 2 is 1.60 bits per heavy atom. The molecule has 6 heteroatoms. The Bertz CT molecular complexity index is 755. The Morgan fingerprint density at radius 1 is 1.00 bits per heavy atom. The van der Waals surface area contributed by atoms with Gasteiger partial charge in [-0.3, -0.25) is 4.79 Å². The van der Waals surface area contributed by atoms with E-state index in [1.165, 1.54) is 11.6 Å². The molecule has 0 bridgehead atoms. The van der Waals surface area contributed by atoms with E-state index in [9.17, 15) is 18.0 Å². The molecule has 0 radical (unpaired) electrons. The fourth-order valence-electron chi connectivity index (χ4n) is 2.07. The Hall–Kier alpha value is -2.63. The molecule has 0 saturated carbocycles. The molecule has 2 aromatic rings. The Kier molecular flexibility index (Phi) is 5.30. The Morgan fingerprint density at radius 3 is 2.08 bits per heavy atom. The van der Waals surface area contributed by atoms with E-state index >= 15 is 0 Å². The number of rotatable bonds is 3. The monoisotopic (exact) mass is 348 g/mol. The first-order chi connectivity index (χ1) is 11.6. The molecule has 0 aliphatic heterocycles. The second kappa shape index (κ2) is 7.09. The summed E-state index contributed by atoms with van der Waals surface area (Å²) >= 11 is 0. The van der Waals surface area contributed by atoms with Crippen LogP contribution in [0.15, 0.2) is 48.7 Å². The highest BCUT2D eigenvalue weighted by molar-refractivity contribution is 6.01. The molecule has 1 aromatic carbocycles. The van der Waals surface area contributed by atoms with Crippen LogP contribution in [0.5, 0.6) is 0 Å². The molecular formula is C19H19F3N2O. The van der Waals surface area contributed by atoms with Crippen molar-refractivity contribution in [2.75, 3.05) is 5.32 Å². The molecule has 1 heterocycles. The fraction of sp³-hybridized carbons (Fsp3) is 0.263. The van der Waals surface area contributed by atoms with Crippen molar-refractivity contribution in [3.05, 3.63) is 65.4 Å². The third kappa shape index (κ3) is 5.45. The zero-order chi connectivity index (χ0) is 18.7. The van der Waals surface area contributed by atoms with Crippen LogP contribution in [0.1, 0.15) is 37.5 Å². The largest absolute Gasteiger partial charge is 0.417 e. The number of halogens is 3. The molecule has 0 saturated heterocycles. The van der Waals surface area contributed by atoms with E-state index in [4.69, 9.17) is 0 Å². The van der Waals surface area contributed by atoms with E-state index in [0.29, 0.717) is 6.20 Å². The number of nitrogens with zero attached hydrogens (tertiary/aromatic N) is 1. The van der Waals surface area contributed by atoms with Crippen LogP contribution in [0, 0.1) is 0 Å². The predicted molar refractivity (Wildman–Crippen MR) is 92.0 cm³/mol. The number of pyridine rings is 1. The molecule has 2 rings (SSSR count). The van der Waals surface area contributed by atoms with Crippen molar-refractivity contribution in [2.24, 2.45) is 0 Å². The van der Waals surface area contributed by atoms with Crippen LogP contribution in [0.3, 0.4) is 0 Å². The second-order valence-corrected chi connectivity index (χ2v) is 6.62. The van der Waals surface area contributed by atoms with Crippen molar-refractivity contribution in [3.8, 4) is 0 Å². The summed E-state index contributed by atoms with van der Waals surface area (Å²) in [6, 6.07) is 9.79. The van der Waals surface area contributed by atoms with Gasteiger partial charge in [0, 0.05) is 12.3 Å². The van der Waals surface area contributed by atoms with Crippen molar-refractivity contribution >= 4 is 17.8 Å². The van der Waals surface area contributed by atoms with Gasteiger partial charge in [0.2, 0.25) is 5.91 Å². The van der Waals surface area contributed by atoms with Gasteiger partial charge in [0.15, 0.2) is 0 Å². The number of carbonyl (C=O) groups excluding carboxylic acids is 1. The van der Waals surface area contributed by atoms with Crippen LogP contribution >= 0.6 is 0 Å². The molecule has 0 unspecified atom stereocenters. The van der Waals surface area contributed by atoms with E-state index in [2.05, 4.69) is 31.1 Å². The van der Waals surface area contributed by atoms with Gasteiger partial charge in [0.1, 0.15) is 5.82 Å². The summed E-state index contributed by atoms with van der Waals surface area (Å²) < 4.78 is 37.4. The summed E-state index contributed by atoms with van der Waals surface area (Å²) in [5.41, 5.74) is 1.22. The maximum Gasteiger partial charge on any atom is 0.417 e. The first-order valence-electron chi connectivity index (χ1n) is 7.68. The molecule has 0 fully saturated rings. The van der Waals surface area contributed by atoms with Crippen LogP contribution in [-0.2, 0) is 16.4 Å². The number of amides is 1. The van der Waals surface area contributed by atoms with Gasteiger partial charge in [-0.05, 0) is 34.8 Å². The lowest BCUT2D eigenvalue weighted by Crippen LogP contribution is -2.11. The maximum absolute atomic E-state index is 12.5. The Balaban J connectivity index is 1.99. The summed E-state index contributed by atoms with van der Waals surface area (Å²) in [6.07, 6.45) is -0.823. The lowest BCUT2D eigenvalue weighted by Gasteiger charge is -2.18. The lowest BCUT2D eigenvalue weighted by atomic mass is 9.87. The summed E-state index contributed by atoms with van der Waals surface area (Å²) in [6.45, 7) is 6.34. The number of nitrogens with one attached hydrogen (secondary N) is 1. The number of hydrogen-bond donors (Lipinski definition) is 1. The van der Waals surface area contributed by atoms with Crippen molar-refractivity contribution < 1.29 is 18.0 Å². The maximum atomic E-state index is 12.5. The van der Waals surface area contributed by atoms with E-state index in [-0.39, 0.29) is 11.2 Å². The Labute approximate surface area is 144 Å². The smallest absolute Gasteiger partial charge is 0.307 e. The number of alkyl halides is 3. The lowest BCUT2D eigenvalue weighted by molar-refractivity contribution is -0.137. The molecule has 1 aromatic heterocycles. The molecule has 1 N–H and O–H groups in total. The first kappa shape index (κ1) is 18.7. The summed E-state index contributed by atoms with van der Waals surface area (Å²) in [7, 11) is 0. The average Bonchev–Trinajstić information content (AvgIpc) is 2.52. The predicted octanol–water partition coefficient (Wildman–Crippen LogP) is 5.05. The fourth-order valence-corrected chi connectivity index (χ4v) is 2.07. The number of anilines is 1. The highest BCUT2D eigenvalue weighted by Gasteiger charge is 2.30. The molecule has 1 amide bonds. The minimum Gasteiger partial charge on any atom is -0.307 e. The van der Waals surface area contributed by atoms with Crippen molar-refractivity contribution in [1.82, 2.24) is 4.98 Å². The van der Waals surface area contributed by atoms with Gasteiger partial charge in [-0.15, -0.1) is 0 Å². The third-order valence-corrected chi connectivity index (χ3v) is 3.55. The van der Waals surface area contributed by atoms with E-state index in [0.717, 1.165) is 17.7 Å². The number of benzene rings is 1. The van der Waals surface area contributed by atoms with Gasteiger partial charge >= 0.3 is 6.18 Å². The van der Waals surface area contributed by atoms with Crippen molar-refractivity contribution in [2.45, 2.75) is 32.4 Å². The molecular weight excluding hydrogens is 329 g/mol. The van der Waals surface area contributed by atoms with Gasteiger partial charge in [-0.1, -0.05) is 45.0 Å². The second-order valence-electron chi connectivity index (χ2n) is 6.62. The van der Waals surface area contributed by atoms with Crippen LogP contribution in [0.2, 0.25) is 0 Å². The van der Waals surface area contributed by atoms with Crippen molar-refractivity contribution in [1.29, 1.82) is 0 Å². The standard InChI is InChI=1S/C19H19F3N2O/c1-18(2,3)14-7-4-13(5-8-14)6-11-17(25)24-16-10-9-15(12-23-16)19(20,21)22/h4-12H,1-3H3,(H,23,24,25)/b11-6+. The van der Waals surface area contributed by atoms with Gasteiger partial charge in [0.05, 0.1) is 5.56 Å². The van der Waals surface area contributed by atoms with Gasteiger partial charge < -0.3 is 5.32 Å². The molecule has 0 aliphatic carbocycles. The topological polar surface area (TPSA) is 42.0 Å². The van der Waals surface area contributed by atoms with Crippen LogP contribution in [0.4, 0.5) is 19.0 Å². The first-order valence-corrected chi connectivity index (χ1v) is 7.68. The molecule has 3 nitrogen and oxygen atoms in total. The van der Waals surface area contributed by atoms with E-state index < -0.39 is 17.6 Å². The average molecular weight is 348 g/mol. The van der Waals surface area contributed by atoms with E-state index in [1.54, 1.807) is 6.08 Å². The molecule has 25 heavy (non-hydrogen) atoms. The molecule has 0 aliphatic rings. The number of aromatic nitrogens is 1. The van der Waals surface area contributed by atoms with Gasteiger partial charge in [0.25, 0.3) is 0 Å². The zero-order valence-electron chi connectivity index (χ0n) is 14.2. The number of hydrogen-bond acceptors (Lipinski definition) is 2. The summed E-state index contributed by atoms with van der Waals surface area (Å²) in [4.78, 5) is 15.4. The van der Waals surface area contributed by atoms with Crippen LogP contribution in [-0.4, -0.2) is 10.9 Å². The van der Waals surface area contributed by atoms with Crippen LogP contribution in [0.25, 0.3) is 6.08 Å². The highest BCUT2D eigenvalue weighted by atomic mass is 19.4. The molecule has 0 atom stereocenters. The SMILES string of the molecule is CC(C)(C)c1ccc(/C=C/C(=O)Nc2ccc(C(F)(F)F)cn2)cc1. The quantitative estimate of drug-likeness (QED) is 0.789. The van der Waals surface area contributed by atoms with Crippen LogP contribution < -0.4 is 5.32 Å². The third-order valence-electron chi connectivity index (χ3n) is 3.55.